The van der Waals surface area contributed by atoms with Gasteiger partial charge in [0, 0.05) is 18.7 Å². The molecule has 2 heterocycles. The third-order valence-corrected chi connectivity index (χ3v) is 4.53. The van der Waals surface area contributed by atoms with Crippen LogP contribution in [0.4, 0.5) is 0 Å². The first-order valence-electron chi connectivity index (χ1n) is 7.87. The van der Waals surface area contributed by atoms with Crippen LogP contribution in [0, 0.1) is 11.8 Å². The molecular weight excluding hydrogens is 282 g/mol. The number of amides is 1. The van der Waals surface area contributed by atoms with Crippen molar-refractivity contribution in [1.29, 1.82) is 0 Å². The fraction of sp³-hybridized carbons (Fsp3) is 0.588. The summed E-state index contributed by atoms with van der Waals surface area (Å²) >= 11 is 0. The molecule has 1 amide bonds. The number of rotatable bonds is 3. The number of ether oxygens (including phenoxy) is 3. The van der Waals surface area contributed by atoms with Gasteiger partial charge in [0.1, 0.15) is 13.2 Å². The summed E-state index contributed by atoms with van der Waals surface area (Å²) in [5, 5.41) is 0. The fourth-order valence-electron chi connectivity index (χ4n) is 3.10. The molecule has 0 N–H and O–H groups in total. The van der Waals surface area contributed by atoms with Crippen molar-refractivity contribution >= 4 is 5.91 Å². The Hall–Kier alpha value is -1.91. The van der Waals surface area contributed by atoms with E-state index in [1.807, 2.05) is 4.90 Å². The fourth-order valence-corrected chi connectivity index (χ4v) is 3.10. The number of carbonyl (C=O) groups is 1. The smallest absolute Gasteiger partial charge is 0.254 e. The molecule has 5 heteroatoms. The minimum atomic E-state index is 0.0402. The second-order valence-electron chi connectivity index (χ2n) is 6.25. The first-order chi connectivity index (χ1) is 10.6. The lowest BCUT2D eigenvalue weighted by Crippen LogP contribution is -2.29. The molecule has 0 saturated carbocycles. The van der Waals surface area contributed by atoms with Crippen molar-refractivity contribution in [2.75, 3.05) is 33.4 Å². The molecule has 5 nitrogen and oxygen atoms in total. The first-order valence-corrected chi connectivity index (χ1v) is 7.87. The molecule has 0 radical (unpaired) electrons. The van der Waals surface area contributed by atoms with Gasteiger partial charge in [-0.15, -0.1) is 0 Å². The minimum absolute atomic E-state index is 0.0402. The topological polar surface area (TPSA) is 48.0 Å². The quantitative estimate of drug-likeness (QED) is 0.861. The molecule has 1 fully saturated rings. The summed E-state index contributed by atoms with van der Waals surface area (Å²) in [6.07, 6.45) is 1.07. The van der Waals surface area contributed by atoms with E-state index in [0.29, 0.717) is 47.9 Å². The molecule has 1 aromatic rings. The highest BCUT2D eigenvalue weighted by molar-refractivity contribution is 5.95. The lowest BCUT2D eigenvalue weighted by Gasteiger charge is -2.23. The van der Waals surface area contributed by atoms with Gasteiger partial charge in [-0.3, -0.25) is 4.79 Å². The van der Waals surface area contributed by atoms with Gasteiger partial charge in [-0.05, 0) is 30.4 Å². The molecule has 1 saturated heterocycles. The van der Waals surface area contributed by atoms with Crippen LogP contribution < -0.4 is 14.2 Å². The van der Waals surface area contributed by atoms with Crippen LogP contribution in [0.3, 0.4) is 0 Å². The van der Waals surface area contributed by atoms with Crippen molar-refractivity contribution in [3.05, 3.63) is 17.7 Å². The molecule has 0 aromatic heterocycles. The largest absolute Gasteiger partial charge is 0.493 e. The van der Waals surface area contributed by atoms with Crippen LogP contribution >= 0.6 is 0 Å². The normalized spacial score (nSPS) is 20.4. The molecule has 0 unspecified atom stereocenters. The van der Waals surface area contributed by atoms with E-state index in [4.69, 9.17) is 14.2 Å². The van der Waals surface area contributed by atoms with Crippen molar-refractivity contribution in [3.8, 4) is 17.2 Å². The zero-order valence-electron chi connectivity index (χ0n) is 13.4. The van der Waals surface area contributed by atoms with Crippen LogP contribution in [0.25, 0.3) is 0 Å². The Labute approximate surface area is 131 Å². The van der Waals surface area contributed by atoms with Gasteiger partial charge in [-0.1, -0.05) is 13.8 Å². The SMILES string of the molecule is COc1cc(C(=O)N2CC[C@@H](C(C)C)C2)cc2c1OCCO2. The predicted octanol–water partition coefficient (Wildman–Crippen LogP) is 2.58. The van der Waals surface area contributed by atoms with Gasteiger partial charge in [-0.25, -0.2) is 0 Å². The van der Waals surface area contributed by atoms with Gasteiger partial charge in [0.05, 0.1) is 7.11 Å². The van der Waals surface area contributed by atoms with Gasteiger partial charge < -0.3 is 19.1 Å². The number of nitrogens with zero attached hydrogens (tertiary/aromatic N) is 1. The molecule has 1 atom stereocenters. The number of hydrogen-bond acceptors (Lipinski definition) is 4. The zero-order chi connectivity index (χ0) is 15.7. The summed E-state index contributed by atoms with van der Waals surface area (Å²) in [6, 6.07) is 3.51. The highest BCUT2D eigenvalue weighted by Gasteiger charge is 2.30. The van der Waals surface area contributed by atoms with E-state index in [2.05, 4.69) is 13.8 Å². The van der Waals surface area contributed by atoms with Gasteiger partial charge in [0.15, 0.2) is 11.5 Å². The second-order valence-corrected chi connectivity index (χ2v) is 6.25. The maximum absolute atomic E-state index is 12.7. The molecule has 22 heavy (non-hydrogen) atoms. The Bertz CT molecular complexity index is 553. The van der Waals surface area contributed by atoms with Crippen LogP contribution in [-0.2, 0) is 0 Å². The van der Waals surface area contributed by atoms with Crippen molar-refractivity contribution in [2.24, 2.45) is 11.8 Å². The summed E-state index contributed by atoms with van der Waals surface area (Å²) in [6.45, 7) is 7.06. The van der Waals surface area contributed by atoms with E-state index in [9.17, 15) is 4.79 Å². The van der Waals surface area contributed by atoms with Crippen LogP contribution in [0.1, 0.15) is 30.6 Å². The Morgan fingerprint density at radius 2 is 2.09 bits per heavy atom. The Morgan fingerprint density at radius 3 is 2.77 bits per heavy atom. The van der Waals surface area contributed by atoms with Gasteiger partial charge >= 0.3 is 0 Å². The second kappa shape index (κ2) is 6.07. The monoisotopic (exact) mass is 305 g/mol. The van der Waals surface area contributed by atoms with Crippen LogP contribution in [0.2, 0.25) is 0 Å². The average Bonchev–Trinajstić information content (AvgIpc) is 3.03. The van der Waals surface area contributed by atoms with Crippen LogP contribution in [0.15, 0.2) is 12.1 Å². The predicted molar refractivity (Wildman–Crippen MR) is 82.8 cm³/mol. The number of likely N-dealkylation sites (tertiary alicyclic amines) is 1. The van der Waals surface area contributed by atoms with Crippen molar-refractivity contribution in [1.82, 2.24) is 4.90 Å². The van der Waals surface area contributed by atoms with Gasteiger partial charge in [0.25, 0.3) is 5.91 Å². The maximum atomic E-state index is 12.7. The summed E-state index contributed by atoms with van der Waals surface area (Å²) in [7, 11) is 1.58. The lowest BCUT2D eigenvalue weighted by molar-refractivity contribution is 0.0782. The van der Waals surface area contributed by atoms with Crippen molar-refractivity contribution < 1.29 is 19.0 Å². The number of methoxy groups -OCH3 is 1. The number of carbonyl (C=O) groups excluding carboxylic acids is 1. The molecule has 3 rings (SSSR count). The average molecular weight is 305 g/mol. The number of fused-ring (bicyclic) bond motifs is 1. The summed E-state index contributed by atoms with van der Waals surface area (Å²) in [4.78, 5) is 14.7. The molecule has 0 spiro atoms. The number of hydrogen-bond donors (Lipinski definition) is 0. The molecule has 2 aliphatic rings. The van der Waals surface area contributed by atoms with E-state index in [-0.39, 0.29) is 5.91 Å². The van der Waals surface area contributed by atoms with Gasteiger partial charge in [-0.2, -0.15) is 0 Å². The molecule has 120 valence electrons. The minimum Gasteiger partial charge on any atom is -0.493 e. The van der Waals surface area contributed by atoms with Gasteiger partial charge in [0.2, 0.25) is 5.75 Å². The molecule has 1 aromatic carbocycles. The van der Waals surface area contributed by atoms with E-state index < -0.39 is 0 Å². The maximum Gasteiger partial charge on any atom is 0.254 e. The third-order valence-electron chi connectivity index (χ3n) is 4.53. The molecule has 0 bridgehead atoms. The third kappa shape index (κ3) is 2.72. The molecule has 0 aliphatic carbocycles. The summed E-state index contributed by atoms with van der Waals surface area (Å²) in [5.41, 5.74) is 0.602. The summed E-state index contributed by atoms with van der Waals surface area (Å²) in [5.74, 6) is 2.97. The first kappa shape index (κ1) is 15.0. The Morgan fingerprint density at radius 1 is 1.32 bits per heavy atom. The van der Waals surface area contributed by atoms with Crippen LogP contribution in [-0.4, -0.2) is 44.2 Å². The highest BCUT2D eigenvalue weighted by atomic mass is 16.6. The van der Waals surface area contributed by atoms with E-state index in [1.54, 1.807) is 19.2 Å². The molecular formula is C17H23NO4. The lowest BCUT2D eigenvalue weighted by atomic mass is 9.95. The summed E-state index contributed by atoms with van der Waals surface area (Å²) < 4.78 is 16.5. The Kier molecular flexibility index (Phi) is 4.14. The Balaban J connectivity index is 1.84. The molecule has 2 aliphatic heterocycles. The standard InChI is InChI=1S/C17H23NO4/c1-11(2)12-4-5-18(10-12)17(19)13-8-14(20-3)16-15(9-13)21-6-7-22-16/h8-9,11-12H,4-7,10H2,1-3H3/t12-/m1/s1. The van der Waals surface area contributed by atoms with E-state index >= 15 is 0 Å². The highest BCUT2D eigenvalue weighted by Crippen LogP contribution is 2.40. The van der Waals surface area contributed by atoms with E-state index in [1.165, 1.54) is 0 Å². The zero-order valence-corrected chi connectivity index (χ0v) is 13.4. The van der Waals surface area contributed by atoms with E-state index in [0.717, 1.165) is 19.5 Å². The number of benzene rings is 1. The van der Waals surface area contributed by atoms with Crippen molar-refractivity contribution in [3.63, 3.8) is 0 Å². The van der Waals surface area contributed by atoms with Crippen molar-refractivity contribution in [2.45, 2.75) is 20.3 Å². The van der Waals surface area contributed by atoms with Crippen LogP contribution in [0.5, 0.6) is 17.2 Å².